The molecule has 0 unspecified atom stereocenters. The van der Waals surface area contributed by atoms with Crippen molar-refractivity contribution in [1.29, 1.82) is 0 Å². The molecule has 0 saturated carbocycles. The molecule has 0 fully saturated rings. The second-order valence-electron chi connectivity index (χ2n) is 5.91. The maximum Gasteiger partial charge on any atom is 0.303 e. The minimum absolute atomic E-state index is 0.111. The summed E-state index contributed by atoms with van der Waals surface area (Å²) in [5.74, 6) is 0.601. The Morgan fingerprint density at radius 3 is 2.54 bits per heavy atom. The second kappa shape index (κ2) is 9.12. The molecule has 1 N–H and O–H groups in total. The average molecular weight is 355 g/mol. The van der Waals surface area contributed by atoms with Crippen LogP contribution in [0.4, 0.5) is 0 Å². The number of carbonyl (C=O) groups is 1. The number of rotatable bonds is 10. The highest BCUT2D eigenvalue weighted by Crippen LogP contribution is 2.14. The molecule has 6 nitrogen and oxygen atoms in total. The molecule has 0 radical (unpaired) electrons. The Hall–Kier alpha value is -2.70. The first-order valence-corrected chi connectivity index (χ1v) is 8.50. The van der Waals surface area contributed by atoms with Gasteiger partial charge in [0.1, 0.15) is 24.7 Å². The van der Waals surface area contributed by atoms with Crippen LogP contribution in [0.3, 0.4) is 0 Å². The number of pyridine rings is 1. The number of ether oxygens (including phenoxy) is 2. The summed E-state index contributed by atoms with van der Waals surface area (Å²) >= 11 is 0. The molecule has 1 aromatic carbocycles. The van der Waals surface area contributed by atoms with Crippen molar-refractivity contribution in [2.45, 2.75) is 32.7 Å². The fraction of sp³-hybridized carbons (Fsp3) is 0.300. The van der Waals surface area contributed by atoms with Gasteiger partial charge in [-0.05, 0) is 30.7 Å². The van der Waals surface area contributed by atoms with Crippen molar-refractivity contribution in [2.24, 2.45) is 0 Å². The lowest BCUT2D eigenvalue weighted by Crippen LogP contribution is -2.00. The van der Waals surface area contributed by atoms with Crippen LogP contribution in [0.5, 0.6) is 0 Å². The molecular weight excluding hydrogens is 334 g/mol. The van der Waals surface area contributed by atoms with E-state index in [2.05, 4.69) is 4.98 Å². The molecule has 0 aliphatic heterocycles. The van der Waals surface area contributed by atoms with E-state index < -0.39 is 5.97 Å². The van der Waals surface area contributed by atoms with E-state index in [4.69, 9.17) is 19.0 Å². The zero-order valence-electron chi connectivity index (χ0n) is 14.4. The predicted molar refractivity (Wildman–Crippen MR) is 95.5 cm³/mol. The van der Waals surface area contributed by atoms with Gasteiger partial charge in [0.2, 0.25) is 0 Å². The van der Waals surface area contributed by atoms with Crippen molar-refractivity contribution in [3.05, 3.63) is 65.7 Å². The number of furan rings is 1. The third-order valence-electron chi connectivity index (χ3n) is 3.79. The van der Waals surface area contributed by atoms with Crippen molar-refractivity contribution >= 4 is 16.9 Å². The summed E-state index contributed by atoms with van der Waals surface area (Å²) in [5, 5.41) is 9.66. The van der Waals surface area contributed by atoms with E-state index in [-0.39, 0.29) is 6.42 Å². The number of hydrogen-bond acceptors (Lipinski definition) is 5. The first-order chi connectivity index (χ1) is 12.7. The smallest absolute Gasteiger partial charge is 0.303 e. The minimum atomic E-state index is -0.813. The van der Waals surface area contributed by atoms with E-state index >= 15 is 0 Å². The van der Waals surface area contributed by atoms with E-state index in [1.165, 1.54) is 0 Å². The van der Waals surface area contributed by atoms with Gasteiger partial charge >= 0.3 is 5.97 Å². The Balaban J connectivity index is 1.40. The molecule has 0 saturated heterocycles. The predicted octanol–water partition coefficient (Wildman–Crippen LogP) is 3.93. The Morgan fingerprint density at radius 1 is 0.962 bits per heavy atom. The first kappa shape index (κ1) is 18.1. The van der Waals surface area contributed by atoms with Crippen molar-refractivity contribution < 1.29 is 23.8 Å². The van der Waals surface area contributed by atoms with Gasteiger partial charge in [-0.15, -0.1) is 0 Å². The number of nitrogens with zero attached hydrogens (tertiary/aromatic N) is 1. The van der Waals surface area contributed by atoms with E-state index in [1.54, 1.807) is 0 Å². The van der Waals surface area contributed by atoms with Crippen LogP contribution in [0.2, 0.25) is 0 Å². The SMILES string of the molecule is O=C(O)CCCOCc1ccc(COCc2ccc3ccccc3n2)o1. The Bertz CT molecular complexity index is 858. The largest absolute Gasteiger partial charge is 0.481 e. The van der Waals surface area contributed by atoms with E-state index in [0.29, 0.717) is 38.6 Å². The fourth-order valence-electron chi connectivity index (χ4n) is 2.52. The van der Waals surface area contributed by atoms with Crippen LogP contribution < -0.4 is 0 Å². The van der Waals surface area contributed by atoms with Gasteiger partial charge in [0.05, 0.1) is 17.8 Å². The van der Waals surface area contributed by atoms with E-state index in [9.17, 15) is 4.79 Å². The lowest BCUT2D eigenvalue weighted by molar-refractivity contribution is -0.137. The van der Waals surface area contributed by atoms with Gasteiger partial charge in [0, 0.05) is 18.4 Å². The van der Waals surface area contributed by atoms with Crippen molar-refractivity contribution in [2.75, 3.05) is 6.61 Å². The monoisotopic (exact) mass is 355 g/mol. The standard InChI is InChI=1S/C20H21NO5/c22-20(23)6-3-11-24-13-17-9-10-18(26-17)14-25-12-16-8-7-15-4-1-2-5-19(15)21-16/h1-2,4-5,7-10H,3,6,11-14H2,(H,22,23). The third kappa shape index (κ3) is 5.40. The highest BCUT2D eigenvalue weighted by molar-refractivity contribution is 5.78. The van der Waals surface area contributed by atoms with Gasteiger partial charge in [-0.1, -0.05) is 24.3 Å². The molecule has 0 amide bonds. The van der Waals surface area contributed by atoms with E-state index in [1.807, 2.05) is 48.5 Å². The van der Waals surface area contributed by atoms with Crippen LogP contribution in [-0.4, -0.2) is 22.7 Å². The van der Waals surface area contributed by atoms with Crippen molar-refractivity contribution in [1.82, 2.24) is 4.98 Å². The number of carboxylic acid groups (broad SMARTS) is 1. The van der Waals surface area contributed by atoms with Crippen LogP contribution in [0.25, 0.3) is 10.9 Å². The zero-order valence-corrected chi connectivity index (χ0v) is 14.4. The van der Waals surface area contributed by atoms with Crippen molar-refractivity contribution in [3.8, 4) is 0 Å². The van der Waals surface area contributed by atoms with Crippen LogP contribution >= 0.6 is 0 Å². The maximum absolute atomic E-state index is 10.4. The maximum atomic E-state index is 10.4. The van der Waals surface area contributed by atoms with Crippen LogP contribution in [0.15, 0.2) is 52.9 Å². The average Bonchev–Trinajstić information content (AvgIpc) is 3.09. The molecule has 0 spiro atoms. The number of para-hydroxylation sites is 1. The molecule has 3 rings (SSSR count). The topological polar surface area (TPSA) is 81.8 Å². The minimum Gasteiger partial charge on any atom is -0.481 e. The summed E-state index contributed by atoms with van der Waals surface area (Å²) in [6, 6.07) is 15.6. The molecule has 136 valence electrons. The number of fused-ring (bicyclic) bond motifs is 1. The lowest BCUT2D eigenvalue weighted by Gasteiger charge is -2.04. The second-order valence-corrected chi connectivity index (χ2v) is 5.91. The number of carboxylic acids is 1. The molecule has 26 heavy (non-hydrogen) atoms. The molecule has 0 atom stereocenters. The van der Waals surface area contributed by atoms with Gasteiger partial charge < -0.3 is 19.0 Å². The molecule has 2 aromatic heterocycles. The molecule has 0 bridgehead atoms. The first-order valence-electron chi connectivity index (χ1n) is 8.50. The van der Waals surface area contributed by atoms with Gasteiger partial charge in [0.15, 0.2) is 0 Å². The summed E-state index contributed by atoms with van der Waals surface area (Å²) in [6.07, 6.45) is 0.602. The summed E-state index contributed by atoms with van der Waals surface area (Å²) < 4.78 is 16.7. The highest BCUT2D eigenvalue weighted by Gasteiger charge is 2.04. The third-order valence-corrected chi connectivity index (χ3v) is 3.79. The van der Waals surface area contributed by atoms with Crippen LogP contribution in [0, 0.1) is 0 Å². The molecule has 2 heterocycles. The highest BCUT2D eigenvalue weighted by atomic mass is 16.5. The quantitative estimate of drug-likeness (QED) is 0.555. The number of benzene rings is 1. The number of hydrogen-bond donors (Lipinski definition) is 1. The van der Waals surface area contributed by atoms with Crippen LogP contribution in [0.1, 0.15) is 30.1 Å². The van der Waals surface area contributed by atoms with Gasteiger partial charge in [-0.3, -0.25) is 9.78 Å². The summed E-state index contributed by atoms with van der Waals surface area (Å²) in [4.78, 5) is 15.0. The summed E-state index contributed by atoms with van der Waals surface area (Å²) in [7, 11) is 0. The summed E-state index contributed by atoms with van der Waals surface area (Å²) in [5.41, 5.74) is 1.83. The van der Waals surface area contributed by atoms with Gasteiger partial charge in [-0.2, -0.15) is 0 Å². The van der Waals surface area contributed by atoms with Gasteiger partial charge in [-0.25, -0.2) is 0 Å². The van der Waals surface area contributed by atoms with Crippen LogP contribution in [-0.2, 0) is 34.1 Å². The van der Waals surface area contributed by atoms with Crippen molar-refractivity contribution in [3.63, 3.8) is 0 Å². The lowest BCUT2D eigenvalue weighted by atomic mass is 10.2. The fourth-order valence-corrected chi connectivity index (χ4v) is 2.52. The number of aromatic nitrogens is 1. The molecule has 0 aliphatic carbocycles. The Labute approximate surface area is 151 Å². The Kier molecular flexibility index (Phi) is 6.35. The molecule has 3 aromatic rings. The number of aliphatic carboxylic acids is 1. The molecule has 0 aliphatic rings. The Morgan fingerprint density at radius 2 is 1.73 bits per heavy atom. The zero-order chi connectivity index (χ0) is 18.2. The van der Waals surface area contributed by atoms with Gasteiger partial charge in [0.25, 0.3) is 0 Å². The van der Waals surface area contributed by atoms with E-state index in [0.717, 1.165) is 22.4 Å². The molecule has 6 heteroatoms. The molecular formula is C20H21NO5. The summed E-state index contributed by atoms with van der Waals surface area (Å²) in [6.45, 7) is 1.48. The normalized spacial score (nSPS) is 11.1.